The predicted octanol–water partition coefficient (Wildman–Crippen LogP) is 4.80. The van der Waals surface area contributed by atoms with E-state index in [1.807, 2.05) is 6.92 Å². The van der Waals surface area contributed by atoms with E-state index in [0.29, 0.717) is 24.2 Å². The third kappa shape index (κ3) is 3.43. The van der Waals surface area contributed by atoms with Gasteiger partial charge >= 0.3 is 5.91 Å². The molecule has 5 heteroatoms. The van der Waals surface area contributed by atoms with E-state index in [0.717, 1.165) is 41.6 Å². The highest BCUT2D eigenvalue weighted by Gasteiger charge is 2.32. The molecule has 138 valence electrons. The van der Waals surface area contributed by atoms with Crippen molar-refractivity contribution in [2.75, 3.05) is 11.5 Å². The van der Waals surface area contributed by atoms with Gasteiger partial charge < -0.3 is 4.74 Å². The first-order valence-corrected chi connectivity index (χ1v) is 10.3. The Morgan fingerprint density at radius 3 is 2.74 bits per heavy atom. The van der Waals surface area contributed by atoms with E-state index >= 15 is 0 Å². The van der Waals surface area contributed by atoms with Crippen molar-refractivity contribution >= 4 is 40.0 Å². The molecule has 1 saturated carbocycles. The van der Waals surface area contributed by atoms with Crippen LogP contribution in [0, 0.1) is 29.3 Å². The van der Waals surface area contributed by atoms with Gasteiger partial charge in [0, 0.05) is 15.6 Å². The van der Waals surface area contributed by atoms with Gasteiger partial charge in [0.05, 0.1) is 12.3 Å². The molecule has 1 amide bonds. The lowest BCUT2D eigenvalue weighted by Crippen LogP contribution is -2.27. The average Bonchev–Trinajstić information content (AvgIpc) is 3.37. The average molecular weight is 472 g/mol. The van der Waals surface area contributed by atoms with E-state index < -0.39 is 0 Å². The highest BCUT2D eigenvalue weighted by atomic mass is 127. The third-order valence-corrected chi connectivity index (χ3v) is 6.21. The molecular formula is C22H21IN2O2. The molecule has 0 spiro atoms. The second-order valence-corrected chi connectivity index (χ2v) is 8.30. The Kier molecular flexibility index (Phi) is 4.85. The summed E-state index contributed by atoms with van der Waals surface area (Å²) in [7, 11) is 0. The van der Waals surface area contributed by atoms with Crippen molar-refractivity contribution in [2.45, 2.75) is 46.0 Å². The maximum Gasteiger partial charge on any atom is 0.308 e. The van der Waals surface area contributed by atoms with Crippen molar-refractivity contribution in [2.24, 2.45) is 0 Å². The maximum absolute atomic E-state index is 13.1. The van der Waals surface area contributed by atoms with E-state index in [2.05, 4.69) is 59.6 Å². The van der Waals surface area contributed by atoms with E-state index in [1.165, 1.54) is 9.13 Å². The number of pyridine rings is 1. The minimum absolute atomic E-state index is 0.256. The quantitative estimate of drug-likeness (QED) is 0.476. The summed E-state index contributed by atoms with van der Waals surface area (Å²) in [6.45, 7) is 6.40. The van der Waals surface area contributed by atoms with E-state index in [9.17, 15) is 4.79 Å². The molecule has 1 aliphatic heterocycles. The SMILES string of the molecule is CC#CC(=O)N(c1cc(C)c(I)cc1C1CC1)c1nc2c(cc1C)CCO2. The Labute approximate surface area is 173 Å². The number of carbonyl (C=O) groups excluding carboxylic acids is 1. The normalized spacial score (nSPS) is 14.8. The number of aromatic nitrogens is 1. The van der Waals surface area contributed by atoms with Crippen LogP contribution in [-0.4, -0.2) is 17.5 Å². The summed E-state index contributed by atoms with van der Waals surface area (Å²) in [6, 6.07) is 6.39. The first kappa shape index (κ1) is 18.3. The first-order valence-electron chi connectivity index (χ1n) is 9.19. The lowest BCUT2D eigenvalue weighted by Gasteiger charge is -2.25. The van der Waals surface area contributed by atoms with Crippen LogP contribution in [-0.2, 0) is 11.2 Å². The fourth-order valence-electron chi connectivity index (χ4n) is 3.51. The Morgan fingerprint density at radius 2 is 2.04 bits per heavy atom. The number of ether oxygens (including phenoxy) is 1. The molecule has 1 aromatic carbocycles. The summed E-state index contributed by atoms with van der Waals surface area (Å²) < 4.78 is 6.88. The Bertz CT molecular complexity index is 1000. The number of aryl methyl sites for hydroxylation is 2. The summed E-state index contributed by atoms with van der Waals surface area (Å²) in [5.41, 5.74) is 5.32. The lowest BCUT2D eigenvalue weighted by molar-refractivity contribution is -0.112. The van der Waals surface area contributed by atoms with Gasteiger partial charge in [0.25, 0.3) is 0 Å². The minimum atomic E-state index is -0.256. The van der Waals surface area contributed by atoms with Gasteiger partial charge in [0.2, 0.25) is 5.88 Å². The van der Waals surface area contributed by atoms with Gasteiger partial charge in [-0.1, -0.05) is 5.92 Å². The van der Waals surface area contributed by atoms with Gasteiger partial charge in [0.15, 0.2) is 0 Å². The van der Waals surface area contributed by atoms with Crippen LogP contribution in [0.25, 0.3) is 0 Å². The van der Waals surface area contributed by atoms with Crippen molar-refractivity contribution in [3.05, 3.63) is 44.0 Å². The van der Waals surface area contributed by atoms with E-state index in [4.69, 9.17) is 9.72 Å². The fourth-order valence-corrected chi connectivity index (χ4v) is 4.00. The number of hydrogen-bond acceptors (Lipinski definition) is 3. The highest BCUT2D eigenvalue weighted by molar-refractivity contribution is 14.1. The zero-order valence-electron chi connectivity index (χ0n) is 15.7. The molecule has 27 heavy (non-hydrogen) atoms. The summed E-state index contributed by atoms with van der Waals surface area (Å²) in [4.78, 5) is 19.5. The van der Waals surface area contributed by atoms with Gasteiger partial charge in [-0.2, -0.15) is 4.98 Å². The van der Waals surface area contributed by atoms with Gasteiger partial charge in [-0.3, -0.25) is 9.69 Å². The number of fused-ring (bicyclic) bond motifs is 1. The summed E-state index contributed by atoms with van der Waals surface area (Å²) in [5, 5.41) is 0. The molecule has 1 fully saturated rings. The smallest absolute Gasteiger partial charge is 0.308 e. The molecule has 4 rings (SSSR count). The van der Waals surface area contributed by atoms with Crippen molar-refractivity contribution in [1.29, 1.82) is 0 Å². The van der Waals surface area contributed by atoms with Crippen LogP contribution >= 0.6 is 22.6 Å². The maximum atomic E-state index is 13.1. The second-order valence-electron chi connectivity index (χ2n) is 7.14. The fraction of sp³-hybridized carbons (Fsp3) is 0.364. The molecule has 2 aromatic rings. The molecule has 1 aliphatic carbocycles. The molecule has 2 heterocycles. The van der Waals surface area contributed by atoms with Crippen LogP contribution in [0.4, 0.5) is 11.5 Å². The zero-order chi connectivity index (χ0) is 19.1. The standard InChI is InChI=1S/C22H21IN2O2/c1-4-5-20(26)25(21-14(3)10-16-8-9-27-22(16)24-21)19-11-13(2)18(23)12-17(19)15-6-7-15/h10-12,15H,6-9H2,1-3H3. The number of amides is 1. The van der Waals surface area contributed by atoms with Crippen LogP contribution in [0.5, 0.6) is 5.88 Å². The molecule has 0 saturated heterocycles. The summed E-state index contributed by atoms with van der Waals surface area (Å²) in [5.74, 6) is 6.96. The van der Waals surface area contributed by atoms with Crippen LogP contribution in [0.2, 0.25) is 0 Å². The van der Waals surface area contributed by atoms with Gasteiger partial charge in [-0.25, -0.2) is 0 Å². The zero-order valence-corrected chi connectivity index (χ0v) is 17.9. The Morgan fingerprint density at radius 1 is 1.26 bits per heavy atom. The molecule has 0 unspecified atom stereocenters. The topological polar surface area (TPSA) is 42.4 Å². The monoisotopic (exact) mass is 472 g/mol. The van der Waals surface area contributed by atoms with Gasteiger partial charge in [-0.15, -0.1) is 0 Å². The van der Waals surface area contributed by atoms with Crippen molar-refractivity contribution in [1.82, 2.24) is 4.98 Å². The number of rotatable bonds is 3. The van der Waals surface area contributed by atoms with Crippen molar-refractivity contribution in [3.63, 3.8) is 0 Å². The Hall–Kier alpha value is -2.07. The third-order valence-electron chi connectivity index (χ3n) is 5.05. The number of benzene rings is 1. The van der Waals surface area contributed by atoms with Crippen LogP contribution < -0.4 is 9.64 Å². The molecule has 4 nitrogen and oxygen atoms in total. The molecule has 0 radical (unpaired) electrons. The molecule has 1 aromatic heterocycles. The van der Waals surface area contributed by atoms with Crippen LogP contribution in [0.15, 0.2) is 18.2 Å². The number of hydrogen-bond donors (Lipinski definition) is 0. The molecule has 0 N–H and O–H groups in total. The minimum Gasteiger partial charge on any atom is -0.477 e. The molecule has 0 bridgehead atoms. The van der Waals surface area contributed by atoms with Crippen molar-refractivity contribution < 1.29 is 9.53 Å². The predicted molar refractivity (Wildman–Crippen MR) is 115 cm³/mol. The number of halogens is 1. The number of carbonyl (C=O) groups is 1. The van der Waals surface area contributed by atoms with Gasteiger partial charge in [0.1, 0.15) is 5.82 Å². The van der Waals surface area contributed by atoms with Crippen LogP contribution in [0.3, 0.4) is 0 Å². The summed E-state index contributed by atoms with van der Waals surface area (Å²) >= 11 is 2.36. The molecular weight excluding hydrogens is 451 g/mol. The van der Waals surface area contributed by atoms with Gasteiger partial charge in [-0.05, 0) is 103 Å². The van der Waals surface area contributed by atoms with Crippen LogP contribution in [0.1, 0.15) is 47.9 Å². The molecule has 0 atom stereocenters. The number of anilines is 2. The second kappa shape index (κ2) is 7.16. The summed E-state index contributed by atoms with van der Waals surface area (Å²) in [6.07, 6.45) is 3.18. The lowest BCUT2D eigenvalue weighted by atomic mass is 10.0. The first-order chi connectivity index (χ1) is 13.0. The molecule has 2 aliphatic rings. The Balaban J connectivity index is 1.93. The number of nitrogens with zero attached hydrogens (tertiary/aromatic N) is 2. The van der Waals surface area contributed by atoms with E-state index in [-0.39, 0.29) is 5.91 Å². The van der Waals surface area contributed by atoms with Crippen molar-refractivity contribution in [3.8, 4) is 17.7 Å². The highest BCUT2D eigenvalue weighted by Crippen LogP contribution is 2.47. The van der Waals surface area contributed by atoms with E-state index in [1.54, 1.807) is 11.8 Å². The largest absolute Gasteiger partial charge is 0.477 e.